The molecule has 1 aliphatic rings. The highest BCUT2D eigenvalue weighted by molar-refractivity contribution is 5.97. The van der Waals surface area contributed by atoms with Gasteiger partial charge in [0.2, 0.25) is 0 Å². The van der Waals surface area contributed by atoms with Crippen LogP contribution in [0.2, 0.25) is 0 Å². The number of hydrogen-bond donors (Lipinski definition) is 2. The van der Waals surface area contributed by atoms with Crippen LogP contribution in [0.5, 0.6) is 0 Å². The van der Waals surface area contributed by atoms with E-state index in [1.54, 1.807) is 6.20 Å². The minimum Gasteiger partial charge on any atom is -0.349 e. The predicted molar refractivity (Wildman–Crippen MR) is 75.0 cm³/mol. The average Bonchev–Trinajstić information content (AvgIpc) is 3.09. The SMILES string of the molecule is CC(NC(=O)c1ccc2cn[nH]c2c1)C1CCCC1. The van der Waals surface area contributed by atoms with Gasteiger partial charge in [-0.15, -0.1) is 0 Å². The van der Waals surface area contributed by atoms with Crippen LogP contribution in [0.1, 0.15) is 43.0 Å². The summed E-state index contributed by atoms with van der Waals surface area (Å²) in [5.74, 6) is 0.649. The van der Waals surface area contributed by atoms with Gasteiger partial charge >= 0.3 is 0 Å². The van der Waals surface area contributed by atoms with Crippen molar-refractivity contribution >= 4 is 16.8 Å². The molecule has 0 saturated heterocycles. The summed E-state index contributed by atoms with van der Waals surface area (Å²) in [7, 11) is 0. The maximum absolute atomic E-state index is 12.2. The molecule has 0 aliphatic heterocycles. The van der Waals surface area contributed by atoms with Crippen molar-refractivity contribution in [1.82, 2.24) is 15.5 Å². The van der Waals surface area contributed by atoms with Crippen LogP contribution < -0.4 is 5.32 Å². The molecule has 1 atom stereocenters. The highest BCUT2D eigenvalue weighted by atomic mass is 16.1. The van der Waals surface area contributed by atoms with Gasteiger partial charge in [-0.05, 0) is 37.8 Å². The van der Waals surface area contributed by atoms with E-state index in [0.29, 0.717) is 11.5 Å². The number of rotatable bonds is 3. The Bertz CT molecular complexity index is 584. The smallest absolute Gasteiger partial charge is 0.251 e. The topological polar surface area (TPSA) is 57.8 Å². The number of amides is 1. The fraction of sp³-hybridized carbons (Fsp3) is 0.467. The monoisotopic (exact) mass is 257 g/mol. The first kappa shape index (κ1) is 12.2. The lowest BCUT2D eigenvalue weighted by molar-refractivity contribution is 0.0927. The predicted octanol–water partition coefficient (Wildman–Crippen LogP) is 2.87. The lowest BCUT2D eigenvalue weighted by atomic mass is 9.99. The summed E-state index contributed by atoms with van der Waals surface area (Å²) in [6.45, 7) is 2.11. The molecule has 1 heterocycles. The molecular formula is C15H19N3O. The van der Waals surface area contributed by atoms with Crippen molar-refractivity contribution in [2.75, 3.05) is 0 Å². The molecule has 4 heteroatoms. The van der Waals surface area contributed by atoms with Gasteiger partial charge in [0.15, 0.2) is 0 Å². The van der Waals surface area contributed by atoms with E-state index in [4.69, 9.17) is 0 Å². The Morgan fingerprint density at radius 3 is 3.00 bits per heavy atom. The molecule has 1 amide bonds. The van der Waals surface area contributed by atoms with Crippen molar-refractivity contribution < 1.29 is 4.79 Å². The van der Waals surface area contributed by atoms with Gasteiger partial charge < -0.3 is 5.32 Å². The normalized spacial score (nSPS) is 17.7. The van der Waals surface area contributed by atoms with E-state index >= 15 is 0 Å². The van der Waals surface area contributed by atoms with Crippen LogP contribution in [0, 0.1) is 5.92 Å². The number of aromatic nitrogens is 2. The molecule has 2 N–H and O–H groups in total. The van der Waals surface area contributed by atoms with E-state index in [2.05, 4.69) is 22.4 Å². The third-order valence-corrected chi connectivity index (χ3v) is 4.17. The van der Waals surface area contributed by atoms with Gasteiger partial charge in [-0.3, -0.25) is 9.89 Å². The second kappa shape index (κ2) is 5.03. The lowest BCUT2D eigenvalue weighted by Crippen LogP contribution is -2.37. The number of carbonyl (C=O) groups is 1. The van der Waals surface area contributed by atoms with E-state index in [1.165, 1.54) is 25.7 Å². The van der Waals surface area contributed by atoms with Crippen LogP contribution in [-0.2, 0) is 0 Å². The summed E-state index contributed by atoms with van der Waals surface area (Å²) in [4.78, 5) is 12.2. The third kappa shape index (κ3) is 2.48. The highest BCUT2D eigenvalue weighted by Crippen LogP contribution is 2.27. The van der Waals surface area contributed by atoms with Crippen molar-refractivity contribution in [1.29, 1.82) is 0 Å². The first-order valence-corrected chi connectivity index (χ1v) is 6.98. The third-order valence-electron chi connectivity index (χ3n) is 4.17. The summed E-state index contributed by atoms with van der Waals surface area (Å²) >= 11 is 0. The Hall–Kier alpha value is -1.84. The van der Waals surface area contributed by atoms with Gasteiger partial charge in [0.05, 0.1) is 11.7 Å². The standard InChI is InChI=1S/C15H19N3O/c1-10(11-4-2-3-5-11)17-15(19)12-6-7-13-9-16-18-14(13)8-12/h6-11H,2-5H2,1H3,(H,16,18)(H,17,19). The molecule has 100 valence electrons. The molecule has 1 unspecified atom stereocenters. The Morgan fingerprint density at radius 1 is 1.42 bits per heavy atom. The van der Waals surface area contributed by atoms with Gasteiger partial charge in [0, 0.05) is 17.0 Å². The van der Waals surface area contributed by atoms with Crippen molar-refractivity contribution in [3.8, 4) is 0 Å². The number of nitrogens with one attached hydrogen (secondary N) is 2. The lowest BCUT2D eigenvalue weighted by Gasteiger charge is -2.20. The fourth-order valence-electron chi connectivity index (χ4n) is 2.94. The molecule has 1 fully saturated rings. The zero-order valence-electron chi connectivity index (χ0n) is 11.1. The van der Waals surface area contributed by atoms with E-state index in [0.717, 1.165) is 10.9 Å². The van der Waals surface area contributed by atoms with Crippen molar-refractivity contribution in [2.45, 2.75) is 38.6 Å². The Morgan fingerprint density at radius 2 is 2.21 bits per heavy atom. The van der Waals surface area contributed by atoms with Crippen molar-refractivity contribution in [3.63, 3.8) is 0 Å². The molecular weight excluding hydrogens is 238 g/mol. The zero-order chi connectivity index (χ0) is 13.2. The number of aromatic amines is 1. The van der Waals surface area contributed by atoms with Gasteiger partial charge in [-0.2, -0.15) is 5.10 Å². The Balaban J connectivity index is 1.71. The maximum Gasteiger partial charge on any atom is 0.251 e. The number of carbonyl (C=O) groups excluding carboxylic acids is 1. The maximum atomic E-state index is 12.2. The molecule has 19 heavy (non-hydrogen) atoms. The van der Waals surface area contributed by atoms with E-state index < -0.39 is 0 Å². The summed E-state index contributed by atoms with van der Waals surface area (Å²) in [6, 6.07) is 5.90. The summed E-state index contributed by atoms with van der Waals surface area (Å²) < 4.78 is 0. The fourth-order valence-corrected chi connectivity index (χ4v) is 2.94. The molecule has 1 aromatic heterocycles. The first-order valence-electron chi connectivity index (χ1n) is 6.98. The zero-order valence-corrected chi connectivity index (χ0v) is 11.1. The Kier molecular flexibility index (Phi) is 3.23. The van der Waals surface area contributed by atoms with Crippen molar-refractivity contribution in [3.05, 3.63) is 30.0 Å². The molecule has 3 rings (SSSR count). The number of hydrogen-bond acceptors (Lipinski definition) is 2. The number of nitrogens with zero attached hydrogens (tertiary/aromatic N) is 1. The van der Waals surface area contributed by atoms with E-state index in [9.17, 15) is 4.79 Å². The molecule has 1 aliphatic carbocycles. The largest absolute Gasteiger partial charge is 0.349 e. The molecule has 0 bridgehead atoms. The summed E-state index contributed by atoms with van der Waals surface area (Å²) in [6.07, 6.45) is 6.83. The van der Waals surface area contributed by atoms with Crippen molar-refractivity contribution in [2.24, 2.45) is 5.92 Å². The molecule has 0 spiro atoms. The molecule has 1 saturated carbocycles. The van der Waals surface area contributed by atoms with Crippen LogP contribution >= 0.6 is 0 Å². The van der Waals surface area contributed by atoms with Gasteiger partial charge in [0.25, 0.3) is 5.91 Å². The second-order valence-corrected chi connectivity index (χ2v) is 5.48. The van der Waals surface area contributed by atoms with E-state index in [-0.39, 0.29) is 11.9 Å². The average molecular weight is 257 g/mol. The molecule has 4 nitrogen and oxygen atoms in total. The van der Waals surface area contributed by atoms with Crippen LogP contribution in [0.25, 0.3) is 10.9 Å². The minimum atomic E-state index is 0.0101. The van der Waals surface area contributed by atoms with Gasteiger partial charge in [-0.1, -0.05) is 18.9 Å². The van der Waals surface area contributed by atoms with Crippen LogP contribution in [0.15, 0.2) is 24.4 Å². The number of H-pyrrole nitrogens is 1. The molecule has 0 radical (unpaired) electrons. The number of benzene rings is 1. The summed E-state index contributed by atoms with van der Waals surface area (Å²) in [5, 5.41) is 11.0. The van der Waals surface area contributed by atoms with Crippen LogP contribution in [0.4, 0.5) is 0 Å². The molecule has 2 aromatic rings. The van der Waals surface area contributed by atoms with Gasteiger partial charge in [-0.25, -0.2) is 0 Å². The van der Waals surface area contributed by atoms with Crippen LogP contribution in [-0.4, -0.2) is 22.1 Å². The Labute approximate surface area is 112 Å². The summed E-state index contributed by atoms with van der Waals surface area (Å²) in [5.41, 5.74) is 1.60. The van der Waals surface area contributed by atoms with Gasteiger partial charge in [0.1, 0.15) is 0 Å². The number of fused-ring (bicyclic) bond motifs is 1. The highest BCUT2D eigenvalue weighted by Gasteiger charge is 2.23. The van der Waals surface area contributed by atoms with Crippen LogP contribution in [0.3, 0.4) is 0 Å². The quantitative estimate of drug-likeness (QED) is 0.888. The minimum absolute atomic E-state index is 0.0101. The van der Waals surface area contributed by atoms with E-state index in [1.807, 2.05) is 18.2 Å². The molecule has 1 aromatic carbocycles. The first-order chi connectivity index (χ1) is 9.24. The second-order valence-electron chi connectivity index (χ2n) is 5.48.